The number of non-ortho nitro benzene ring substituents is 1. The van der Waals surface area contributed by atoms with Crippen LogP contribution in [0.5, 0.6) is 5.75 Å². The average molecular weight is 331 g/mol. The topological polar surface area (TPSA) is 87.9 Å². The Hall–Kier alpha value is -2.93. The molecule has 7 nitrogen and oxygen atoms in total. The minimum Gasteiger partial charge on any atom is -0.431 e. The Morgan fingerprint density at radius 2 is 1.79 bits per heavy atom. The molecule has 1 atom stereocenters. The highest BCUT2D eigenvalue weighted by Crippen LogP contribution is 2.17. The highest BCUT2D eigenvalue weighted by molar-refractivity contribution is 5.64. The first-order valence-corrected chi connectivity index (χ1v) is 7.29. The Bertz CT molecular complexity index is 671. The van der Waals surface area contributed by atoms with Gasteiger partial charge in [-0.1, -0.05) is 30.3 Å². The first-order valence-electron chi connectivity index (χ1n) is 7.29. The molecule has 0 bridgehead atoms. The van der Waals surface area contributed by atoms with Crippen molar-refractivity contribution in [3.05, 3.63) is 70.3 Å². The number of nitro benzene ring substituents is 1. The van der Waals surface area contributed by atoms with Gasteiger partial charge in [0.2, 0.25) is 0 Å². The number of hydrogen-bond donors (Lipinski definition) is 0. The Morgan fingerprint density at radius 1 is 1.12 bits per heavy atom. The molecule has 0 heterocycles. The highest BCUT2D eigenvalue weighted by atomic mass is 16.7. The molecule has 126 valence electrons. The van der Waals surface area contributed by atoms with Gasteiger partial charge < -0.3 is 14.2 Å². The monoisotopic (exact) mass is 331 g/mol. The van der Waals surface area contributed by atoms with Crippen LogP contribution >= 0.6 is 0 Å². The minimum atomic E-state index is -0.890. The van der Waals surface area contributed by atoms with Crippen LogP contribution in [0.3, 0.4) is 0 Å². The van der Waals surface area contributed by atoms with Crippen LogP contribution < -0.4 is 4.74 Å². The molecule has 2 aromatic carbocycles. The second kappa shape index (κ2) is 8.64. The minimum absolute atomic E-state index is 0.0403. The lowest BCUT2D eigenvalue weighted by Gasteiger charge is -2.13. The maximum atomic E-state index is 11.6. The summed E-state index contributed by atoms with van der Waals surface area (Å²) in [5.74, 6) is 0.170. The van der Waals surface area contributed by atoms with Crippen LogP contribution in [-0.2, 0) is 16.1 Å². The second-order valence-corrected chi connectivity index (χ2v) is 5.02. The van der Waals surface area contributed by atoms with Gasteiger partial charge in [-0.25, -0.2) is 4.79 Å². The van der Waals surface area contributed by atoms with E-state index in [4.69, 9.17) is 14.2 Å². The molecule has 7 heteroatoms. The summed E-state index contributed by atoms with van der Waals surface area (Å²) in [5.41, 5.74) is 0.941. The Balaban J connectivity index is 1.71. The molecule has 0 radical (unpaired) electrons. The third-order valence-corrected chi connectivity index (χ3v) is 3.06. The summed E-state index contributed by atoms with van der Waals surface area (Å²) < 4.78 is 15.4. The zero-order valence-corrected chi connectivity index (χ0v) is 13.1. The molecular weight excluding hydrogens is 314 g/mol. The fourth-order valence-corrected chi connectivity index (χ4v) is 1.81. The van der Waals surface area contributed by atoms with Crippen molar-refractivity contribution in [2.75, 3.05) is 6.61 Å². The molecule has 2 aromatic rings. The van der Waals surface area contributed by atoms with Gasteiger partial charge in [-0.2, -0.15) is 0 Å². The summed E-state index contributed by atoms with van der Waals surface area (Å²) in [6.07, 6.45) is -1.19. The van der Waals surface area contributed by atoms with Gasteiger partial charge in [0.15, 0.2) is 0 Å². The van der Waals surface area contributed by atoms with Gasteiger partial charge in [-0.15, -0.1) is 0 Å². The maximum absolute atomic E-state index is 11.6. The molecule has 0 N–H and O–H groups in total. The van der Waals surface area contributed by atoms with E-state index in [9.17, 15) is 14.9 Å². The summed E-state index contributed by atoms with van der Waals surface area (Å²) in [4.78, 5) is 21.6. The van der Waals surface area contributed by atoms with Crippen molar-refractivity contribution in [3.63, 3.8) is 0 Å². The lowest BCUT2D eigenvalue weighted by molar-refractivity contribution is -0.384. The van der Waals surface area contributed by atoms with E-state index in [1.54, 1.807) is 6.92 Å². The van der Waals surface area contributed by atoms with E-state index in [-0.39, 0.29) is 24.1 Å². The largest absolute Gasteiger partial charge is 0.513 e. The van der Waals surface area contributed by atoms with E-state index in [0.717, 1.165) is 5.56 Å². The van der Waals surface area contributed by atoms with Crippen molar-refractivity contribution in [1.82, 2.24) is 0 Å². The number of nitrogens with zero attached hydrogens (tertiary/aromatic N) is 1. The Kier molecular flexibility index (Phi) is 6.27. The van der Waals surface area contributed by atoms with Crippen molar-refractivity contribution in [2.45, 2.75) is 19.6 Å². The molecule has 2 rings (SSSR count). The highest BCUT2D eigenvalue weighted by Gasteiger charge is 2.11. The van der Waals surface area contributed by atoms with Crippen LogP contribution in [0, 0.1) is 10.1 Å². The number of benzene rings is 2. The van der Waals surface area contributed by atoms with Crippen LogP contribution in [0.15, 0.2) is 54.6 Å². The van der Waals surface area contributed by atoms with Gasteiger partial charge in [0.1, 0.15) is 12.4 Å². The van der Waals surface area contributed by atoms with Gasteiger partial charge in [0.05, 0.1) is 17.6 Å². The van der Waals surface area contributed by atoms with Crippen molar-refractivity contribution < 1.29 is 23.9 Å². The molecule has 0 spiro atoms. The molecule has 0 aliphatic rings. The first-order chi connectivity index (χ1) is 11.5. The number of nitro groups is 1. The lowest BCUT2D eigenvalue weighted by Crippen LogP contribution is -2.20. The van der Waals surface area contributed by atoms with Crippen molar-refractivity contribution >= 4 is 11.8 Å². The van der Waals surface area contributed by atoms with Crippen LogP contribution in [0.1, 0.15) is 12.5 Å². The average Bonchev–Trinajstić information content (AvgIpc) is 2.59. The number of ether oxygens (including phenoxy) is 3. The van der Waals surface area contributed by atoms with Crippen LogP contribution in [0.25, 0.3) is 0 Å². The summed E-state index contributed by atoms with van der Waals surface area (Å²) >= 11 is 0. The first kappa shape index (κ1) is 17.4. The molecule has 0 aliphatic heterocycles. The molecule has 1 unspecified atom stereocenters. The smallest absolute Gasteiger partial charge is 0.431 e. The van der Waals surface area contributed by atoms with Gasteiger partial charge >= 0.3 is 6.16 Å². The summed E-state index contributed by atoms with van der Waals surface area (Å²) in [5, 5.41) is 10.5. The molecular formula is C17H17NO6. The summed E-state index contributed by atoms with van der Waals surface area (Å²) in [6, 6.07) is 14.8. The van der Waals surface area contributed by atoms with Crippen LogP contribution in [-0.4, -0.2) is 23.8 Å². The van der Waals surface area contributed by atoms with Crippen LogP contribution in [0.2, 0.25) is 0 Å². The van der Waals surface area contributed by atoms with E-state index in [1.807, 2.05) is 30.3 Å². The van der Waals surface area contributed by atoms with E-state index < -0.39 is 11.1 Å². The molecule has 0 aromatic heterocycles. The van der Waals surface area contributed by atoms with Crippen molar-refractivity contribution in [2.24, 2.45) is 0 Å². The summed E-state index contributed by atoms with van der Waals surface area (Å²) in [6.45, 7) is 2.24. The lowest BCUT2D eigenvalue weighted by atomic mass is 10.2. The van der Waals surface area contributed by atoms with Crippen LogP contribution in [0.4, 0.5) is 10.5 Å². The molecule has 0 fully saturated rings. The SMILES string of the molecule is CC(COC(=O)Oc1ccc([N+](=O)[O-])cc1)OCc1ccccc1. The summed E-state index contributed by atoms with van der Waals surface area (Å²) in [7, 11) is 0. The van der Waals surface area contributed by atoms with Gasteiger partial charge in [0, 0.05) is 12.1 Å². The molecule has 0 amide bonds. The van der Waals surface area contributed by atoms with E-state index in [1.165, 1.54) is 24.3 Å². The number of rotatable bonds is 7. The van der Waals surface area contributed by atoms with Crippen molar-refractivity contribution in [3.8, 4) is 5.75 Å². The third kappa shape index (κ3) is 5.69. The predicted octanol–water partition coefficient (Wildman–Crippen LogP) is 3.72. The van der Waals surface area contributed by atoms with E-state index in [0.29, 0.717) is 6.61 Å². The molecule has 0 saturated heterocycles. The third-order valence-electron chi connectivity index (χ3n) is 3.06. The van der Waals surface area contributed by atoms with E-state index >= 15 is 0 Å². The Morgan fingerprint density at radius 3 is 2.42 bits per heavy atom. The molecule has 24 heavy (non-hydrogen) atoms. The normalized spacial score (nSPS) is 11.5. The van der Waals surface area contributed by atoms with E-state index in [2.05, 4.69) is 0 Å². The second-order valence-electron chi connectivity index (χ2n) is 5.02. The molecule has 0 saturated carbocycles. The van der Waals surface area contributed by atoms with Gasteiger partial charge in [-0.3, -0.25) is 10.1 Å². The zero-order chi connectivity index (χ0) is 17.4. The van der Waals surface area contributed by atoms with Gasteiger partial charge in [-0.05, 0) is 24.6 Å². The fraction of sp³-hybridized carbons (Fsp3) is 0.235. The number of carbonyl (C=O) groups excluding carboxylic acids is 1. The van der Waals surface area contributed by atoms with Gasteiger partial charge in [0.25, 0.3) is 5.69 Å². The predicted molar refractivity (Wildman–Crippen MR) is 85.8 cm³/mol. The fourth-order valence-electron chi connectivity index (χ4n) is 1.81. The Labute approximate surface area is 138 Å². The van der Waals surface area contributed by atoms with Crippen molar-refractivity contribution in [1.29, 1.82) is 0 Å². The number of hydrogen-bond acceptors (Lipinski definition) is 6. The number of carbonyl (C=O) groups is 1. The standard InChI is InChI=1S/C17H17NO6/c1-13(22-12-14-5-3-2-4-6-14)11-23-17(19)24-16-9-7-15(8-10-16)18(20)21/h2-10,13H,11-12H2,1H3. The quantitative estimate of drug-likeness (QED) is 0.332. The molecule has 0 aliphatic carbocycles. The maximum Gasteiger partial charge on any atom is 0.513 e. The zero-order valence-electron chi connectivity index (χ0n) is 13.1.